The fraction of sp³-hybridized carbons (Fsp3) is 0.467. The quantitative estimate of drug-likeness (QED) is 0.858. The molecule has 0 atom stereocenters. The lowest BCUT2D eigenvalue weighted by atomic mass is 10.1. The first-order valence-corrected chi connectivity index (χ1v) is 8.07. The number of benzene rings is 1. The second-order valence-corrected chi connectivity index (χ2v) is 6.00. The van der Waals surface area contributed by atoms with Gasteiger partial charge in [0, 0.05) is 31.1 Å². The topological polar surface area (TPSA) is 17.0 Å². The van der Waals surface area contributed by atoms with Gasteiger partial charge in [-0.25, -0.2) is 0 Å². The highest BCUT2D eigenvalue weighted by Crippen LogP contribution is 2.23. The summed E-state index contributed by atoms with van der Waals surface area (Å²) in [5.74, 6) is 1.17. The summed E-state index contributed by atoms with van der Waals surface area (Å²) < 4.78 is 2.40. The molecule has 1 heterocycles. The molecule has 2 aromatic rings. The number of thioether (sulfide) groups is 1. The zero-order chi connectivity index (χ0) is 12.4. The Balaban J connectivity index is 1.87. The van der Waals surface area contributed by atoms with Gasteiger partial charge in [0.1, 0.15) is 0 Å². The molecule has 18 heavy (non-hydrogen) atoms. The lowest BCUT2D eigenvalue weighted by Gasteiger charge is -2.10. The van der Waals surface area contributed by atoms with Crippen LogP contribution in [-0.2, 0) is 13.1 Å². The highest BCUT2D eigenvalue weighted by molar-refractivity contribution is 7.98. The van der Waals surface area contributed by atoms with Crippen LogP contribution in [0, 0.1) is 0 Å². The van der Waals surface area contributed by atoms with Gasteiger partial charge in [-0.1, -0.05) is 18.2 Å². The van der Waals surface area contributed by atoms with Crippen LogP contribution in [0.3, 0.4) is 0 Å². The number of nitrogens with one attached hydrogen (secondary N) is 1. The third-order valence-corrected chi connectivity index (χ3v) is 4.16. The highest BCUT2D eigenvalue weighted by atomic mass is 32.2. The molecule has 0 radical (unpaired) electrons. The van der Waals surface area contributed by atoms with Gasteiger partial charge in [-0.3, -0.25) is 0 Å². The third kappa shape index (κ3) is 2.57. The Morgan fingerprint density at radius 1 is 1.33 bits per heavy atom. The number of para-hydroxylation sites is 1. The predicted octanol–water partition coefficient (Wildman–Crippen LogP) is 3.26. The Labute approximate surface area is 113 Å². The second kappa shape index (κ2) is 5.37. The average Bonchev–Trinajstić information content (AvgIpc) is 3.13. The molecule has 0 spiro atoms. The number of rotatable bonds is 6. The molecule has 1 aromatic carbocycles. The van der Waals surface area contributed by atoms with Crippen molar-refractivity contribution in [2.24, 2.45) is 0 Å². The van der Waals surface area contributed by atoms with Gasteiger partial charge in [0.2, 0.25) is 0 Å². The number of aromatic nitrogens is 1. The van der Waals surface area contributed by atoms with E-state index in [1.807, 2.05) is 11.8 Å². The Morgan fingerprint density at radius 3 is 3.00 bits per heavy atom. The lowest BCUT2D eigenvalue weighted by Crippen LogP contribution is -2.16. The molecule has 3 rings (SSSR count). The molecule has 2 nitrogen and oxygen atoms in total. The van der Waals surface area contributed by atoms with Crippen molar-refractivity contribution in [1.82, 2.24) is 9.88 Å². The first-order chi connectivity index (χ1) is 8.88. The maximum atomic E-state index is 3.62. The molecular formula is C15H20N2S. The van der Waals surface area contributed by atoms with Crippen LogP contribution in [0.1, 0.15) is 18.4 Å². The van der Waals surface area contributed by atoms with Crippen LogP contribution < -0.4 is 5.32 Å². The number of hydrogen-bond acceptors (Lipinski definition) is 2. The van der Waals surface area contributed by atoms with Crippen molar-refractivity contribution < 1.29 is 0 Å². The Morgan fingerprint density at radius 2 is 2.22 bits per heavy atom. The number of aryl methyl sites for hydroxylation is 1. The van der Waals surface area contributed by atoms with E-state index in [1.54, 1.807) is 0 Å². The average molecular weight is 260 g/mol. The minimum absolute atomic E-state index is 0.773. The van der Waals surface area contributed by atoms with E-state index >= 15 is 0 Å². The van der Waals surface area contributed by atoms with E-state index in [0.717, 1.165) is 19.1 Å². The van der Waals surface area contributed by atoms with E-state index in [2.05, 4.69) is 46.6 Å². The summed E-state index contributed by atoms with van der Waals surface area (Å²) in [7, 11) is 0. The van der Waals surface area contributed by atoms with Crippen molar-refractivity contribution in [2.45, 2.75) is 32.0 Å². The summed E-state index contributed by atoms with van der Waals surface area (Å²) in [5.41, 5.74) is 2.85. The maximum Gasteiger partial charge on any atom is 0.0526 e. The molecule has 0 aliphatic heterocycles. The van der Waals surface area contributed by atoms with E-state index in [-0.39, 0.29) is 0 Å². The van der Waals surface area contributed by atoms with E-state index in [9.17, 15) is 0 Å². The lowest BCUT2D eigenvalue weighted by molar-refractivity contribution is 0.686. The van der Waals surface area contributed by atoms with Gasteiger partial charge >= 0.3 is 0 Å². The Hall–Kier alpha value is -0.930. The van der Waals surface area contributed by atoms with Crippen molar-refractivity contribution in [3.8, 4) is 0 Å². The molecule has 1 aliphatic carbocycles. The molecule has 96 valence electrons. The number of hydrogen-bond donors (Lipinski definition) is 1. The molecule has 1 fully saturated rings. The van der Waals surface area contributed by atoms with Crippen LogP contribution in [0.4, 0.5) is 0 Å². The highest BCUT2D eigenvalue weighted by Gasteiger charge is 2.20. The van der Waals surface area contributed by atoms with Crippen LogP contribution in [0.15, 0.2) is 30.5 Å². The monoisotopic (exact) mass is 260 g/mol. The van der Waals surface area contributed by atoms with Crippen LogP contribution in [0.5, 0.6) is 0 Å². The molecule has 0 saturated heterocycles. The van der Waals surface area contributed by atoms with Gasteiger partial charge in [0.15, 0.2) is 0 Å². The maximum absolute atomic E-state index is 3.62. The fourth-order valence-corrected chi connectivity index (χ4v) is 2.78. The molecule has 3 heteroatoms. The van der Waals surface area contributed by atoms with Gasteiger partial charge in [-0.05, 0) is 36.1 Å². The van der Waals surface area contributed by atoms with Crippen molar-refractivity contribution in [3.63, 3.8) is 0 Å². The molecule has 1 aliphatic rings. The smallest absolute Gasteiger partial charge is 0.0526 e. The minimum Gasteiger partial charge on any atom is -0.346 e. The van der Waals surface area contributed by atoms with Crippen LogP contribution in [0.2, 0.25) is 0 Å². The van der Waals surface area contributed by atoms with E-state index in [4.69, 9.17) is 0 Å². The van der Waals surface area contributed by atoms with Crippen molar-refractivity contribution >= 4 is 22.7 Å². The molecule has 0 unspecified atom stereocenters. The van der Waals surface area contributed by atoms with Crippen molar-refractivity contribution in [2.75, 3.05) is 12.0 Å². The van der Waals surface area contributed by atoms with Gasteiger partial charge in [-0.2, -0.15) is 11.8 Å². The first kappa shape index (κ1) is 12.1. The Bertz CT molecular complexity index is 528. The number of nitrogens with zero attached hydrogens (tertiary/aromatic N) is 1. The zero-order valence-corrected chi connectivity index (χ0v) is 11.7. The third-order valence-electron chi connectivity index (χ3n) is 3.57. The van der Waals surface area contributed by atoms with Gasteiger partial charge in [-0.15, -0.1) is 0 Å². The predicted molar refractivity (Wildman–Crippen MR) is 80.2 cm³/mol. The summed E-state index contributed by atoms with van der Waals surface area (Å²) in [6.45, 7) is 2.11. The molecule has 0 bridgehead atoms. The molecule has 1 aromatic heterocycles. The largest absolute Gasteiger partial charge is 0.346 e. The summed E-state index contributed by atoms with van der Waals surface area (Å²) >= 11 is 1.91. The van der Waals surface area contributed by atoms with Crippen LogP contribution >= 0.6 is 11.8 Å². The van der Waals surface area contributed by atoms with Gasteiger partial charge in [0.25, 0.3) is 0 Å². The Kier molecular flexibility index (Phi) is 3.62. The molecule has 1 N–H and O–H groups in total. The van der Waals surface area contributed by atoms with Gasteiger partial charge < -0.3 is 9.88 Å². The van der Waals surface area contributed by atoms with E-state index in [1.165, 1.54) is 35.1 Å². The standard InChI is InChI=1S/C15H20N2S/c1-18-10-9-17-8-7-12-3-2-4-13(15(12)17)11-16-14-5-6-14/h2-4,7-8,14,16H,5-6,9-11H2,1H3. The van der Waals surface area contributed by atoms with Gasteiger partial charge in [0.05, 0.1) is 5.52 Å². The number of fused-ring (bicyclic) bond motifs is 1. The molecular weight excluding hydrogens is 240 g/mol. The normalized spacial score (nSPS) is 15.4. The van der Waals surface area contributed by atoms with E-state index in [0.29, 0.717) is 0 Å². The van der Waals surface area contributed by atoms with Crippen molar-refractivity contribution in [3.05, 3.63) is 36.0 Å². The second-order valence-electron chi connectivity index (χ2n) is 5.01. The van der Waals surface area contributed by atoms with Crippen LogP contribution in [-0.4, -0.2) is 22.6 Å². The summed E-state index contributed by atoms with van der Waals surface area (Å²) in [5, 5.41) is 4.99. The van der Waals surface area contributed by atoms with E-state index < -0.39 is 0 Å². The zero-order valence-electron chi connectivity index (χ0n) is 10.9. The fourth-order valence-electron chi connectivity index (χ4n) is 2.40. The summed E-state index contributed by atoms with van der Waals surface area (Å²) in [4.78, 5) is 0. The van der Waals surface area contributed by atoms with Crippen molar-refractivity contribution in [1.29, 1.82) is 0 Å². The summed E-state index contributed by atoms with van der Waals surface area (Å²) in [6.07, 6.45) is 7.09. The molecule has 0 amide bonds. The first-order valence-electron chi connectivity index (χ1n) is 6.67. The summed E-state index contributed by atoms with van der Waals surface area (Å²) in [6, 6.07) is 9.65. The SMILES string of the molecule is CSCCn1ccc2cccc(CNC3CC3)c21. The van der Waals surface area contributed by atoms with Crippen LogP contribution in [0.25, 0.3) is 10.9 Å². The minimum atomic E-state index is 0.773. The molecule has 1 saturated carbocycles.